The summed E-state index contributed by atoms with van der Waals surface area (Å²) in [6.07, 6.45) is 5.83. The first-order chi connectivity index (χ1) is 9.22. The van der Waals surface area contributed by atoms with E-state index < -0.39 is 0 Å². The van der Waals surface area contributed by atoms with Crippen molar-refractivity contribution in [2.75, 3.05) is 6.61 Å². The molecule has 126 valence electrons. The average molecular weight is 293 g/mol. The molecule has 0 bridgehead atoms. The van der Waals surface area contributed by atoms with Gasteiger partial charge in [-0.3, -0.25) is 4.84 Å². The van der Waals surface area contributed by atoms with Crippen LogP contribution in [0.4, 0.5) is 0 Å². The lowest BCUT2D eigenvalue weighted by molar-refractivity contribution is -0.00428. The third-order valence-corrected chi connectivity index (χ3v) is 0.568. The highest BCUT2D eigenvalue weighted by Gasteiger charge is 2.05. The van der Waals surface area contributed by atoms with Gasteiger partial charge in [0, 0.05) is 0 Å². The van der Waals surface area contributed by atoms with Crippen molar-refractivity contribution in [1.29, 1.82) is 0 Å². The van der Waals surface area contributed by atoms with Gasteiger partial charge in [-0.2, -0.15) is 0 Å². The number of rotatable bonds is 2. The minimum absolute atomic E-state index is 0.181. The Kier molecular flexibility index (Phi) is 57.2. The van der Waals surface area contributed by atoms with Gasteiger partial charge in [-0.05, 0) is 27.7 Å². The lowest BCUT2D eigenvalue weighted by Crippen LogP contribution is -2.22. The summed E-state index contributed by atoms with van der Waals surface area (Å²) in [5.74, 6) is 9.37. The van der Waals surface area contributed by atoms with Crippen molar-refractivity contribution in [3.63, 3.8) is 0 Å². The van der Waals surface area contributed by atoms with E-state index in [1.807, 2.05) is 27.7 Å². The topological polar surface area (TPSA) is 70.5 Å². The second-order valence-corrected chi connectivity index (χ2v) is 4.67. The van der Waals surface area contributed by atoms with Gasteiger partial charge in [-0.15, -0.1) is 13.2 Å². The fourth-order valence-electron chi connectivity index (χ4n) is 0.0680. The van der Waals surface area contributed by atoms with E-state index in [0.717, 1.165) is 0 Å². The fraction of sp³-hybridized carbons (Fsp3) is 0.750. The van der Waals surface area contributed by atoms with Crippen LogP contribution in [0.15, 0.2) is 25.3 Å². The Morgan fingerprint density at radius 3 is 1.15 bits per heavy atom. The van der Waals surface area contributed by atoms with Gasteiger partial charge in [0.2, 0.25) is 0 Å². The molecule has 0 aromatic heterocycles. The highest BCUT2D eigenvalue weighted by molar-refractivity contribution is 4.62. The van der Waals surface area contributed by atoms with Crippen LogP contribution in [0.3, 0.4) is 0 Å². The molecule has 0 saturated carbocycles. The Morgan fingerprint density at radius 1 is 0.950 bits per heavy atom. The normalized spacial score (nSPS) is 7.90. The summed E-state index contributed by atoms with van der Waals surface area (Å²) in [5.41, 5.74) is -0.181. The summed E-state index contributed by atoms with van der Waals surface area (Å²) >= 11 is 0. The summed E-state index contributed by atoms with van der Waals surface area (Å²) in [7, 11) is 0. The zero-order valence-corrected chi connectivity index (χ0v) is 15.2. The molecule has 0 aliphatic rings. The zero-order chi connectivity index (χ0) is 17.4. The van der Waals surface area contributed by atoms with Gasteiger partial charge < -0.3 is 4.84 Å². The fourth-order valence-corrected chi connectivity index (χ4v) is 0.0680. The molecule has 0 amide bonds. The average Bonchev–Trinajstić information content (AvgIpc) is 2.33. The van der Waals surface area contributed by atoms with Crippen molar-refractivity contribution in [3.05, 3.63) is 25.3 Å². The van der Waals surface area contributed by atoms with Crippen LogP contribution in [0, 0.1) is 0 Å². The third kappa shape index (κ3) is 247. The summed E-state index contributed by atoms with van der Waals surface area (Å²) in [6.45, 7) is 23.2. The quantitative estimate of drug-likeness (QED) is 0.568. The van der Waals surface area contributed by atoms with E-state index >= 15 is 0 Å². The van der Waals surface area contributed by atoms with Crippen molar-refractivity contribution >= 4 is 0 Å². The smallest absolute Gasteiger partial charge is 0.0858 e. The van der Waals surface area contributed by atoms with Gasteiger partial charge in [0.05, 0.1) is 12.2 Å². The molecule has 0 spiro atoms. The maximum absolute atomic E-state index is 4.81. The second kappa shape index (κ2) is 36.2. The Hall–Kier alpha value is -0.680. The molecular weight excluding hydrogens is 252 g/mol. The lowest BCUT2D eigenvalue weighted by Gasteiger charge is -2.12. The Morgan fingerprint density at radius 2 is 1.15 bits per heavy atom. The van der Waals surface area contributed by atoms with Crippen molar-refractivity contribution in [2.24, 2.45) is 11.8 Å². The van der Waals surface area contributed by atoms with Crippen molar-refractivity contribution in [1.82, 2.24) is 0 Å². The number of nitrogens with two attached hydrogens (primary N) is 2. The Bertz CT molecular complexity index is 142. The van der Waals surface area contributed by atoms with E-state index in [0.29, 0.717) is 6.61 Å². The highest BCUT2D eigenvalue weighted by atomic mass is 16.6. The Labute approximate surface area is 128 Å². The molecule has 0 unspecified atom stereocenters. The monoisotopic (exact) mass is 292 g/mol. The molecule has 0 rings (SSSR count). The van der Waals surface area contributed by atoms with E-state index in [9.17, 15) is 0 Å². The van der Waals surface area contributed by atoms with E-state index in [4.69, 9.17) is 5.90 Å². The van der Waals surface area contributed by atoms with Crippen LogP contribution >= 0.6 is 0 Å². The van der Waals surface area contributed by atoms with Gasteiger partial charge in [0.15, 0.2) is 0 Å². The maximum atomic E-state index is 4.81. The minimum Gasteiger partial charge on any atom is -0.300 e. The summed E-state index contributed by atoms with van der Waals surface area (Å²) in [6, 6.07) is 0. The molecule has 0 heterocycles. The molecule has 4 N–H and O–H groups in total. The molecule has 20 heavy (non-hydrogen) atoms. The van der Waals surface area contributed by atoms with Gasteiger partial charge in [0.25, 0.3) is 0 Å². The van der Waals surface area contributed by atoms with E-state index in [1.54, 1.807) is 12.2 Å². The molecular formula is C16H40N2O2. The van der Waals surface area contributed by atoms with Gasteiger partial charge in [-0.1, -0.05) is 52.7 Å². The van der Waals surface area contributed by atoms with Crippen LogP contribution in [0.1, 0.15) is 68.2 Å². The third-order valence-electron chi connectivity index (χ3n) is 0.568. The second-order valence-electron chi connectivity index (χ2n) is 4.67. The molecule has 0 aliphatic carbocycles. The summed E-state index contributed by atoms with van der Waals surface area (Å²) in [4.78, 5) is 8.51. The number of hydrogen-bond acceptors (Lipinski definition) is 4. The molecule has 4 heteroatoms. The standard InChI is InChI=1S/C4H11NO.C3H7NO.2C3H8.C3H6/c1-4(2,3)6-5;1-2-3-5-4;3*1-3-2/h5H2,1-3H3;2H,1,3-4H2;2*3H2,1-2H3;3H,1H2,2H3. The molecule has 0 aromatic rings. The van der Waals surface area contributed by atoms with Crippen LogP contribution < -0.4 is 11.8 Å². The largest absolute Gasteiger partial charge is 0.300 e. The minimum atomic E-state index is -0.181. The lowest BCUT2D eigenvalue weighted by atomic mass is 10.2. The van der Waals surface area contributed by atoms with Crippen LogP contribution in [0.25, 0.3) is 0 Å². The molecule has 0 atom stereocenters. The highest BCUT2D eigenvalue weighted by Crippen LogP contribution is 2.00. The summed E-state index contributed by atoms with van der Waals surface area (Å²) in [5, 5.41) is 0. The van der Waals surface area contributed by atoms with Gasteiger partial charge in [-0.25, -0.2) is 11.8 Å². The van der Waals surface area contributed by atoms with Gasteiger partial charge in [0.1, 0.15) is 0 Å². The SMILES string of the molecule is C=CC.C=CCON.CC(C)(C)ON.CCC.CCC. The molecule has 0 aromatic carbocycles. The van der Waals surface area contributed by atoms with E-state index in [-0.39, 0.29) is 5.60 Å². The molecule has 0 radical (unpaired) electrons. The first-order valence-electron chi connectivity index (χ1n) is 7.09. The van der Waals surface area contributed by atoms with E-state index in [2.05, 4.69) is 56.4 Å². The van der Waals surface area contributed by atoms with Crippen LogP contribution in [-0.2, 0) is 9.68 Å². The predicted octanol–water partition coefficient (Wildman–Crippen LogP) is 4.76. The maximum Gasteiger partial charge on any atom is 0.0858 e. The van der Waals surface area contributed by atoms with Crippen LogP contribution in [-0.4, -0.2) is 12.2 Å². The number of hydrogen-bond donors (Lipinski definition) is 2. The summed E-state index contributed by atoms with van der Waals surface area (Å²) < 4.78 is 0. The molecule has 4 nitrogen and oxygen atoms in total. The first kappa shape index (κ1) is 31.6. The van der Waals surface area contributed by atoms with Gasteiger partial charge >= 0.3 is 0 Å². The van der Waals surface area contributed by atoms with E-state index in [1.165, 1.54) is 12.8 Å². The predicted molar refractivity (Wildman–Crippen MR) is 93.2 cm³/mol. The van der Waals surface area contributed by atoms with Crippen LogP contribution in [0.5, 0.6) is 0 Å². The Balaban J connectivity index is -0.0000000488. The number of allylic oxidation sites excluding steroid dienone is 1. The zero-order valence-electron chi connectivity index (χ0n) is 15.2. The molecule has 0 fully saturated rings. The molecule has 0 aliphatic heterocycles. The van der Waals surface area contributed by atoms with Crippen LogP contribution in [0.2, 0.25) is 0 Å². The van der Waals surface area contributed by atoms with Crippen molar-refractivity contribution in [3.8, 4) is 0 Å². The molecule has 0 saturated heterocycles. The van der Waals surface area contributed by atoms with Crippen molar-refractivity contribution < 1.29 is 9.68 Å². The first-order valence-corrected chi connectivity index (χ1v) is 7.09. The van der Waals surface area contributed by atoms with Crippen molar-refractivity contribution in [2.45, 2.75) is 73.8 Å².